The Labute approximate surface area is 521 Å². The van der Waals surface area contributed by atoms with E-state index in [9.17, 15) is 47.3 Å². The summed E-state index contributed by atoms with van der Waals surface area (Å²) in [7, 11) is 0. The molecule has 89 heavy (non-hydrogen) atoms. The highest BCUT2D eigenvalue weighted by molar-refractivity contribution is 5.94. The van der Waals surface area contributed by atoms with Crippen molar-refractivity contribution in [1.82, 2.24) is 10.6 Å². The SMILES string of the molecule is O=C(NCCc1ccc(F)cc1)C(O)CCC12CC3CC(CC(C3)C1)C2.O=C(NCCc1ccc(OCc2ccccc2)cc1)C(O)Cc1ccc(C(F)(F)F)cc1.O=C(Nc1ccc(OCc2ccccc2)cc1)C(O)CCC12CC3CC(CC(C3)C1)C2. The van der Waals surface area contributed by atoms with Gasteiger partial charge in [0, 0.05) is 25.2 Å². The Morgan fingerprint density at radius 3 is 1.25 bits per heavy atom. The fourth-order valence-electron chi connectivity index (χ4n) is 16.1. The second-order valence-electron chi connectivity index (χ2n) is 26.8. The van der Waals surface area contributed by atoms with Crippen LogP contribution in [0.5, 0.6) is 11.5 Å². The van der Waals surface area contributed by atoms with E-state index in [0.29, 0.717) is 74.1 Å². The van der Waals surface area contributed by atoms with Crippen LogP contribution in [0.1, 0.15) is 136 Å². The molecule has 6 N–H and O–H groups in total. The molecule has 6 aromatic rings. The molecule has 8 fully saturated rings. The zero-order valence-electron chi connectivity index (χ0n) is 50.9. The third kappa shape index (κ3) is 19.0. The first-order chi connectivity index (χ1) is 42.9. The van der Waals surface area contributed by atoms with E-state index >= 15 is 0 Å². The predicted molar refractivity (Wildman–Crippen MR) is 336 cm³/mol. The van der Waals surface area contributed by atoms with Crippen molar-refractivity contribution in [2.24, 2.45) is 46.3 Å². The van der Waals surface area contributed by atoms with Crippen molar-refractivity contribution in [1.29, 1.82) is 0 Å². The van der Waals surface area contributed by atoms with Crippen molar-refractivity contribution in [2.75, 3.05) is 18.4 Å². The number of halogens is 4. The minimum atomic E-state index is -4.42. The Hall–Kier alpha value is -7.07. The smallest absolute Gasteiger partial charge is 0.416 e. The number of carbonyl (C=O) groups is 3. The number of anilines is 1. The zero-order valence-corrected chi connectivity index (χ0v) is 50.9. The highest BCUT2D eigenvalue weighted by Gasteiger charge is 2.52. The summed E-state index contributed by atoms with van der Waals surface area (Å²) in [6, 6.07) is 45.5. The van der Waals surface area contributed by atoms with E-state index in [1.54, 1.807) is 12.1 Å². The Morgan fingerprint density at radius 2 is 0.831 bits per heavy atom. The second-order valence-corrected chi connectivity index (χ2v) is 26.8. The number of amides is 3. The highest BCUT2D eigenvalue weighted by Crippen LogP contribution is 2.63. The van der Waals surface area contributed by atoms with Crippen molar-refractivity contribution in [3.8, 4) is 11.5 Å². The molecule has 3 unspecified atom stereocenters. The maximum absolute atomic E-state index is 12.9. The molecule has 14 rings (SSSR count). The molecular weight excluding hydrogens is 1130 g/mol. The Bertz CT molecular complexity index is 3130. The van der Waals surface area contributed by atoms with Gasteiger partial charge in [-0.15, -0.1) is 0 Å². The van der Waals surface area contributed by atoms with Gasteiger partial charge in [-0.25, -0.2) is 4.39 Å². The molecule has 11 nitrogen and oxygen atoms in total. The molecule has 8 aliphatic carbocycles. The lowest BCUT2D eigenvalue weighted by molar-refractivity contribution is -0.137. The standard InChI is InChI=1S/C27H33NO3.C25H24F3NO3.C22H30FNO2/c29-25(10-11-27-15-20-12-21(16-27)14-22(13-20)17-27)26(30)28-23-6-8-24(9-7-23)31-18-19-4-2-1-3-5-19;26-25(27,28)21-10-6-19(7-11-21)16-23(30)24(31)29-15-14-18-8-12-22(13-9-18)32-17-20-4-2-1-3-5-20;23-19-3-1-15(2-4-19)6-8-24-21(26)20(25)5-7-22-12-16-9-17(13-22)11-18(10-16)14-22/h1-9,20-22,25,29H,10-18H2,(H,28,30);1-13,23,30H,14-17H2,(H,29,31);1-4,16-18,20,25H,5-14H2,(H,24,26). The van der Waals surface area contributed by atoms with Gasteiger partial charge < -0.3 is 40.7 Å². The maximum atomic E-state index is 12.9. The largest absolute Gasteiger partial charge is 0.489 e. The van der Waals surface area contributed by atoms with Gasteiger partial charge in [-0.2, -0.15) is 13.2 Å². The molecule has 8 saturated carbocycles. The zero-order chi connectivity index (χ0) is 62.4. The number of aliphatic hydroxyl groups is 3. The van der Waals surface area contributed by atoms with E-state index in [-0.39, 0.29) is 24.1 Å². The number of nitrogens with one attached hydrogen (secondary N) is 3. The number of hydrogen-bond donors (Lipinski definition) is 6. The number of ether oxygens (including phenoxy) is 2. The van der Waals surface area contributed by atoms with Crippen LogP contribution in [-0.2, 0) is 53.0 Å². The summed E-state index contributed by atoms with van der Waals surface area (Å²) < 4.78 is 62.2. The van der Waals surface area contributed by atoms with Crippen LogP contribution in [-0.4, -0.2) is 64.4 Å². The van der Waals surface area contributed by atoms with Crippen molar-refractivity contribution in [3.05, 3.63) is 197 Å². The summed E-state index contributed by atoms with van der Waals surface area (Å²) in [5.74, 6) is 5.54. The molecule has 0 aromatic heterocycles. The van der Waals surface area contributed by atoms with E-state index in [1.807, 2.05) is 109 Å². The summed E-state index contributed by atoms with van der Waals surface area (Å²) in [5.41, 5.74) is 5.34. The molecule has 0 saturated heterocycles. The first kappa shape index (κ1) is 64.9. The molecule has 0 aliphatic heterocycles. The summed E-state index contributed by atoms with van der Waals surface area (Å²) in [6.07, 6.45) is 13.1. The summed E-state index contributed by atoms with van der Waals surface area (Å²) in [5, 5.41) is 39.2. The quantitative estimate of drug-likeness (QED) is 0.0326. The lowest BCUT2D eigenvalue weighted by Gasteiger charge is -2.57. The average Bonchev–Trinajstić information content (AvgIpc) is 0.851. The van der Waals surface area contributed by atoms with Crippen molar-refractivity contribution < 1.29 is 56.7 Å². The van der Waals surface area contributed by atoms with Crippen LogP contribution in [0.15, 0.2) is 158 Å². The first-order valence-corrected chi connectivity index (χ1v) is 32.2. The van der Waals surface area contributed by atoms with E-state index in [2.05, 4.69) is 16.0 Å². The number of hydrogen-bond acceptors (Lipinski definition) is 8. The van der Waals surface area contributed by atoms with E-state index in [0.717, 1.165) is 94.2 Å². The topological polar surface area (TPSA) is 166 Å². The van der Waals surface area contributed by atoms with Crippen molar-refractivity contribution in [2.45, 2.75) is 160 Å². The van der Waals surface area contributed by atoms with Gasteiger partial charge in [0.15, 0.2) is 0 Å². The predicted octanol–water partition coefficient (Wildman–Crippen LogP) is 14.0. The molecule has 3 atom stereocenters. The number of aliphatic hydroxyl groups excluding tert-OH is 3. The van der Waals surface area contributed by atoms with Crippen molar-refractivity contribution >= 4 is 23.4 Å². The van der Waals surface area contributed by atoms with Crippen LogP contribution >= 0.6 is 0 Å². The van der Waals surface area contributed by atoms with Crippen LogP contribution in [0, 0.1) is 52.2 Å². The van der Waals surface area contributed by atoms with Gasteiger partial charge in [0.1, 0.15) is 48.8 Å². The number of benzene rings is 6. The fraction of sp³-hybridized carbons (Fsp3) is 0.473. The third-order valence-corrected chi connectivity index (χ3v) is 19.7. The molecule has 8 aliphatic rings. The molecule has 0 spiro atoms. The fourth-order valence-corrected chi connectivity index (χ4v) is 16.1. The van der Waals surface area contributed by atoms with Gasteiger partial charge in [-0.3, -0.25) is 14.4 Å². The summed E-state index contributed by atoms with van der Waals surface area (Å²) in [6.45, 7) is 1.79. The Balaban J connectivity index is 0.000000148. The summed E-state index contributed by atoms with van der Waals surface area (Å²) >= 11 is 0. The van der Waals surface area contributed by atoms with Crippen LogP contribution < -0.4 is 25.4 Å². The van der Waals surface area contributed by atoms with Gasteiger partial charge in [0.2, 0.25) is 11.8 Å². The number of alkyl halides is 3. The monoisotopic (exact) mass is 1220 g/mol. The second kappa shape index (κ2) is 30.2. The van der Waals surface area contributed by atoms with Gasteiger partial charge in [-0.1, -0.05) is 97.1 Å². The average molecular weight is 1220 g/mol. The molecule has 3 amide bonds. The molecule has 0 heterocycles. The van der Waals surface area contributed by atoms with Crippen LogP contribution in [0.2, 0.25) is 0 Å². The number of rotatable bonds is 24. The molecule has 0 radical (unpaired) electrons. The van der Waals surface area contributed by atoms with Gasteiger partial charge in [0.05, 0.1) is 5.56 Å². The maximum Gasteiger partial charge on any atom is 0.416 e. The Kier molecular flexibility index (Phi) is 22.0. The first-order valence-electron chi connectivity index (χ1n) is 32.2. The molecule has 474 valence electrons. The van der Waals surface area contributed by atoms with Crippen LogP contribution in [0.3, 0.4) is 0 Å². The highest BCUT2D eigenvalue weighted by atomic mass is 19.4. The normalized spacial score (nSPS) is 24.4. The van der Waals surface area contributed by atoms with Crippen LogP contribution in [0.25, 0.3) is 0 Å². The molecule has 6 aromatic carbocycles. The van der Waals surface area contributed by atoms with E-state index in [1.165, 1.54) is 101 Å². The van der Waals surface area contributed by atoms with Gasteiger partial charge in [0.25, 0.3) is 5.91 Å². The summed E-state index contributed by atoms with van der Waals surface area (Å²) in [4.78, 5) is 36.8. The Morgan fingerprint density at radius 1 is 0.461 bits per heavy atom. The molecular formula is C74H87F4N3O8. The number of carbonyl (C=O) groups excluding carboxylic acids is 3. The van der Waals surface area contributed by atoms with Gasteiger partial charge in [-0.05, 0) is 250 Å². The molecule has 15 heteroatoms. The minimum absolute atomic E-state index is 0.0581. The minimum Gasteiger partial charge on any atom is -0.489 e. The van der Waals surface area contributed by atoms with Crippen molar-refractivity contribution in [3.63, 3.8) is 0 Å². The lowest BCUT2D eigenvalue weighted by Crippen LogP contribution is -2.46. The van der Waals surface area contributed by atoms with E-state index < -0.39 is 36.0 Å². The van der Waals surface area contributed by atoms with Gasteiger partial charge >= 0.3 is 6.18 Å². The molecule has 8 bridgehead atoms. The van der Waals surface area contributed by atoms with E-state index in [4.69, 9.17) is 9.47 Å². The lowest BCUT2D eigenvalue weighted by atomic mass is 9.48. The van der Waals surface area contributed by atoms with Crippen LogP contribution in [0.4, 0.5) is 23.2 Å². The third-order valence-electron chi connectivity index (χ3n) is 19.7.